The third kappa shape index (κ3) is 8.99. The third-order valence-corrected chi connectivity index (χ3v) is 17.2. The van der Waals surface area contributed by atoms with Gasteiger partial charge in [0, 0.05) is 143 Å². The minimum Gasteiger partial charge on any atom is -0.371 e. The Hall–Kier alpha value is -6.14. The Morgan fingerprint density at radius 2 is 1.56 bits per heavy atom. The number of piperidine rings is 3. The first-order valence-corrected chi connectivity index (χ1v) is 26.2. The van der Waals surface area contributed by atoms with E-state index < -0.39 is 6.43 Å². The molecule has 0 radical (unpaired) electrons. The summed E-state index contributed by atoms with van der Waals surface area (Å²) in [5.74, 6) is 1.02. The normalized spacial score (nSPS) is 20.7. The van der Waals surface area contributed by atoms with Gasteiger partial charge in [0.25, 0.3) is 6.43 Å². The fourth-order valence-corrected chi connectivity index (χ4v) is 13.2. The molecule has 4 fully saturated rings. The predicted octanol–water partition coefficient (Wildman–Crippen LogP) is 9.70. The average molecular weight is 985 g/mol. The molecule has 71 heavy (non-hydrogen) atoms. The quantitative estimate of drug-likeness (QED) is 0.150. The summed E-state index contributed by atoms with van der Waals surface area (Å²) in [6, 6.07) is 21.1. The number of aromatic nitrogens is 4. The number of halogens is 3. The van der Waals surface area contributed by atoms with Crippen molar-refractivity contribution in [2.24, 2.45) is 18.4 Å². The smallest absolute Gasteiger partial charge is 0.264 e. The van der Waals surface area contributed by atoms with Gasteiger partial charge in [-0.3, -0.25) is 19.0 Å². The molecule has 0 N–H and O–H groups in total. The van der Waals surface area contributed by atoms with Crippen LogP contribution in [0.25, 0.3) is 11.1 Å². The Balaban J connectivity index is 0.705. The SMILES string of the molecule is CC(=O)N1CCc2c(c(N3CCCc4cc(-c5cnn(C)c5)c(C(F)F)cc43)nn2C2CCN(C(=O)C3CCN(c4ccc(N5CCC6(CC5)C[C@H](C)N(c5ccc(C#N)c(Cl)c5)C6)cc4)CC3)CC2)C1. The Morgan fingerprint density at radius 1 is 0.859 bits per heavy atom. The Labute approximate surface area is 420 Å². The zero-order valence-corrected chi connectivity index (χ0v) is 41.9. The number of aryl methyl sites for hydroxylation is 2. The zero-order chi connectivity index (χ0) is 49.1. The molecule has 6 aliphatic rings. The number of fused-ring (bicyclic) bond motifs is 2. The molecule has 2 aromatic heterocycles. The molecule has 16 heteroatoms. The van der Waals surface area contributed by atoms with Gasteiger partial charge in [-0.15, -0.1) is 0 Å². The second-order valence-electron chi connectivity index (χ2n) is 21.2. The van der Waals surface area contributed by atoms with Crippen molar-refractivity contribution in [3.8, 4) is 17.2 Å². The van der Waals surface area contributed by atoms with Crippen LogP contribution in [0.3, 0.4) is 0 Å². The first-order valence-electron chi connectivity index (χ1n) is 25.8. The molecule has 1 spiro atoms. The number of nitrogens with zero attached hydrogens (tertiary/aromatic N) is 11. The maximum Gasteiger partial charge on any atom is 0.264 e. The maximum absolute atomic E-state index is 14.8. The monoisotopic (exact) mass is 983 g/mol. The summed E-state index contributed by atoms with van der Waals surface area (Å²) < 4.78 is 33.4. The largest absolute Gasteiger partial charge is 0.371 e. The first kappa shape index (κ1) is 47.2. The molecular weight excluding hydrogens is 920 g/mol. The lowest BCUT2D eigenvalue weighted by atomic mass is 9.76. The lowest BCUT2D eigenvalue weighted by molar-refractivity contribution is -0.137. The molecule has 4 saturated heterocycles. The molecule has 0 saturated carbocycles. The Bertz CT molecular complexity index is 2850. The molecule has 6 aliphatic heterocycles. The van der Waals surface area contributed by atoms with Crippen molar-refractivity contribution in [3.63, 3.8) is 0 Å². The van der Waals surface area contributed by atoms with Gasteiger partial charge in [-0.2, -0.15) is 15.5 Å². The maximum atomic E-state index is 14.8. The standard InChI is InChI=1S/C55H64ClF2N11O2/c1-36-30-55(35-68(36)45-7-6-40(31-59)49(56)28-45)17-25-64(26-18-55)43-10-8-42(9-11-43)63-20-12-38(13-21-63)54(71)65-22-14-44(15-23-65)69-50-16-24-66(37(2)70)34-48(50)53(61-69)67-19-4-5-39-27-46(41-32-60-62(3)33-41)47(52(57)58)29-51(39)67/h6-11,27-29,32-33,36,38,44,52H,4-5,12-26,30,34-35H2,1-3H3/t36-/m0/s1. The number of carbonyl (C=O) groups is 2. The van der Waals surface area contributed by atoms with Crippen molar-refractivity contribution in [1.29, 1.82) is 5.26 Å². The fourth-order valence-electron chi connectivity index (χ4n) is 13.0. The van der Waals surface area contributed by atoms with Crippen LogP contribution in [0.15, 0.2) is 67.0 Å². The van der Waals surface area contributed by atoms with E-state index in [0.717, 1.165) is 125 Å². The van der Waals surface area contributed by atoms with E-state index in [1.165, 1.54) is 11.4 Å². The van der Waals surface area contributed by atoms with Crippen LogP contribution in [0.4, 0.5) is 37.3 Å². The Morgan fingerprint density at radius 3 is 2.21 bits per heavy atom. The van der Waals surface area contributed by atoms with Crippen LogP contribution in [-0.4, -0.2) is 106 Å². The molecule has 2 amide bonds. The number of carbonyl (C=O) groups excluding carboxylic acids is 2. The van der Waals surface area contributed by atoms with E-state index >= 15 is 0 Å². The second kappa shape index (κ2) is 19.1. The molecule has 8 heterocycles. The number of amides is 2. The van der Waals surface area contributed by atoms with Crippen molar-refractivity contribution < 1.29 is 18.4 Å². The molecular formula is C55H64ClF2N11O2. The number of hydrogen-bond donors (Lipinski definition) is 0. The number of anilines is 5. The van der Waals surface area contributed by atoms with Gasteiger partial charge >= 0.3 is 0 Å². The van der Waals surface area contributed by atoms with Gasteiger partial charge in [-0.1, -0.05) is 11.6 Å². The lowest BCUT2D eigenvalue weighted by Crippen LogP contribution is -2.46. The number of alkyl halides is 2. The van der Waals surface area contributed by atoms with Gasteiger partial charge in [0.2, 0.25) is 11.8 Å². The number of likely N-dealkylation sites (tertiary alicyclic amines) is 1. The second-order valence-corrected chi connectivity index (χ2v) is 21.6. The van der Waals surface area contributed by atoms with Crippen LogP contribution in [0.5, 0.6) is 0 Å². The number of benzene rings is 3. The number of rotatable bonds is 8. The number of nitriles is 1. The summed E-state index contributed by atoms with van der Waals surface area (Å²) in [7, 11) is 1.79. The van der Waals surface area contributed by atoms with Gasteiger partial charge in [0.1, 0.15) is 6.07 Å². The van der Waals surface area contributed by atoms with Gasteiger partial charge in [-0.25, -0.2) is 8.78 Å². The van der Waals surface area contributed by atoms with Crippen LogP contribution in [0, 0.1) is 22.7 Å². The van der Waals surface area contributed by atoms with E-state index in [-0.39, 0.29) is 34.8 Å². The summed E-state index contributed by atoms with van der Waals surface area (Å²) in [6.45, 7) is 11.7. The first-order chi connectivity index (χ1) is 34.3. The van der Waals surface area contributed by atoms with Gasteiger partial charge in [0.05, 0.1) is 29.4 Å². The van der Waals surface area contributed by atoms with E-state index in [1.54, 1.807) is 37.1 Å². The molecule has 11 rings (SSSR count). The summed E-state index contributed by atoms with van der Waals surface area (Å²) >= 11 is 6.42. The van der Waals surface area contributed by atoms with Crippen LogP contribution < -0.4 is 19.6 Å². The summed E-state index contributed by atoms with van der Waals surface area (Å²) in [5.41, 5.74) is 9.37. The van der Waals surface area contributed by atoms with Crippen LogP contribution in [-0.2, 0) is 36.0 Å². The highest BCUT2D eigenvalue weighted by atomic mass is 35.5. The van der Waals surface area contributed by atoms with E-state index in [2.05, 4.69) is 71.5 Å². The van der Waals surface area contributed by atoms with Gasteiger partial charge in [-0.05, 0) is 136 Å². The molecule has 0 unspecified atom stereocenters. The molecule has 0 aliphatic carbocycles. The molecule has 1 atom stereocenters. The molecule has 3 aromatic carbocycles. The predicted molar refractivity (Wildman–Crippen MR) is 274 cm³/mol. The van der Waals surface area contributed by atoms with Gasteiger partial charge in [0.15, 0.2) is 5.82 Å². The molecule has 5 aromatic rings. The van der Waals surface area contributed by atoms with Crippen molar-refractivity contribution in [3.05, 3.63) is 100.0 Å². The van der Waals surface area contributed by atoms with Gasteiger partial charge < -0.3 is 29.4 Å². The summed E-state index contributed by atoms with van der Waals surface area (Å²) in [6.07, 6.45) is 9.69. The van der Waals surface area contributed by atoms with E-state index in [9.17, 15) is 23.6 Å². The lowest BCUT2D eigenvalue weighted by Gasteiger charge is -2.41. The van der Waals surface area contributed by atoms with Crippen molar-refractivity contribution in [2.45, 2.75) is 103 Å². The topological polar surface area (TPSA) is 113 Å². The van der Waals surface area contributed by atoms with Crippen LogP contribution in [0.2, 0.25) is 5.02 Å². The van der Waals surface area contributed by atoms with Crippen LogP contribution >= 0.6 is 11.6 Å². The minimum atomic E-state index is -2.67. The van der Waals surface area contributed by atoms with E-state index in [1.807, 2.05) is 29.2 Å². The molecule has 13 nitrogen and oxygen atoms in total. The third-order valence-electron chi connectivity index (χ3n) is 16.9. The number of hydrogen-bond acceptors (Lipinski definition) is 9. The zero-order valence-electron chi connectivity index (χ0n) is 41.2. The van der Waals surface area contributed by atoms with Crippen molar-refractivity contribution in [1.82, 2.24) is 29.4 Å². The highest BCUT2D eigenvalue weighted by Crippen LogP contribution is 2.47. The van der Waals surface area contributed by atoms with Crippen molar-refractivity contribution in [2.75, 3.05) is 78.5 Å². The minimum absolute atomic E-state index is 0.00321. The van der Waals surface area contributed by atoms with Crippen molar-refractivity contribution >= 4 is 52.0 Å². The highest BCUT2D eigenvalue weighted by molar-refractivity contribution is 6.32. The van der Waals surface area contributed by atoms with E-state index in [4.69, 9.17) is 16.7 Å². The fraction of sp³-hybridized carbons (Fsp3) is 0.509. The molecule has 0 bridgehead atoms. The van der Waals surface area contributed by atoms with E-state index in [0.29, 0.717) is 66.9 Å². The van der Waals surface area contributed by atoms with Crippen LogP contribution in [0.1, 0.15) is 106 Å². The summed E-state index contributed by atoms with van der Waals surface area (Å²) in [4.78, 5) is 40.3. The summed E-state index contributed by atoms with van der Waals surface area (Å²) in [5, 5.41) is 19.5. The molecule has 372 valence electrons. The Kier molecular flexibility index (Phi) is 12.7. The highest BCUT2D eigenvalue weighted by Gasteiger charge is 2.44. The average Bonchev–Trinajstić information content (AvgIpc) is 4.10.